The van der Waals surface area contributed by atoms with Gasteiger partial charge in [-0.05, 0) is 31.5 Å². The van der Waals surface area contributed by atoms with Crippen LogP contribution in [-0.2, 0) is 17.8 Å². The van der Waals surface area contributed by atoms with Crippen molar-refractivity contribution in [1.82, 2.24) is 20.6 Å². The zero-order valence-corrected chi connectivity index (χ0v) is 14.0. The van der Waals surface area contributed by atoms with E-state index in [1.165, 1.54) is 0 Å². The van der Waals surface area contributed by atoms with Crippen LogP contribution in [0.5, 0.6) is 11.6 Å². The first-order valence-electron chi connectivity index (χ1n) is 7.85. The second-order valence-corrected chi connectivity index (χ2v) is 5.59. The van der Waals surface area contributed by atoms with E-state index in [-0.39, 0.29) is 12.3 Å². The van der Waals surface area contributed by atoms with Crippen LogP contribution in [0.15, 0.2) is 47.2 Å². The fourth-order valence-corrected chi connectivity index (χ4v) is 2.24. The number of carbonyl (C=O) groups excluding carboxylic acids is 1. The molecule has 0 saturated heterocycles. The summed E-state index contributed by atoms with van der Waals surface area (Å²) in [7, 11) is 0. The van der Waals surface area contributed by atoms with E-state index in [9.17, 15) is 4.79 Å². The molecule has 0 radical (unpaired) electrons. The second kappa shape index (κ2) is 7.57. The number of aryl methyl sites for hydroxylation is 2. The lowest BCUT2D eigenvalue weighted by molar-refractivity contribution is -0.120. The number of carbonyl (C=O) groups is 1. The number of ether oxygens (including phenoxy) is 1. The molecular weight excluding hydrogens is 320 g/mol. The van der Waals surface area contributed by atoms with Crippen molar-refractivity contribution >= 4 is 5.91 Å². The third-order valence-electron chi connectivity index (χ3n) is 3.70. The minimum absolute atomic E-state index is 0.115. The average molecular weight is 338 g/mol. The largest absolute Gasteiger partial charge is 0.438 e. The topological polar surface area (TPSA) is 90.1 Å². The van der Waals surface area contributed by atoms with Crippen molar-refractivity contribution in [2.24, 2.45) is 0 Å². The molecule has 0 unspecified atom stereocenters. The van der Waals surface area contributed by atoms with Gasteiger partial charge in [-0.3, -0.25) is 4.79 Å². The lowest BCUT2D eigenvalue weighted by Crippen LogP contribution is -2.25. The van der Waals surface area contributed by atoms with Gasteiger partial charge in [0.1, 0.15) is 17.1 Å². The van der Waals surface area contributed by atoms with Gasteiger partial charge in [-0.1, -0.05) is 34.6 Å². The molecule has 7 heteroatoms. The minimum atomic E-state index is -0.176. The Bertz CT molecular complexity index is 876. The van der Waals surface area contributed by atoms with E-state index < -0.39 is 0 Å². The summed E-state index contributed by atoms with van der Waals surface area (Å²) in [5.41, 5.74) is 2.94. The molecule has 3 rings (SSSR count). The van der Waals surface area contributed by atoms with E-state index >= 15 is 0 Å². The number of pyridine rings is 1. The Labute approximate surface area is 145 Å². The minimum Gasteiger partial charge on any atom is -0.438 e. The van der Waals surface area contributed by atoms with Gasteiger partial charge in [-0.15, -0.1) is 0 Å². The summed E-state index contributed by atoms with van der Waals surface area (Å²) in [6.45, 7) is 4.01. The molecule has 1 aromatic carbocycles. The van der Waals surface area contributed by atoms with Crippen LogP contribution < -0.4 is 10.1 Å². The fraction of sp³-hybridized carbons (Fsp3) is 0.222. The van der Waals surface area contributed by atoms with Crippen molar-refractivity contribution in [3.8, 4) is 11.6 Å². The van der Waals surface area contributed by atoms with Crippen LogP contribution in [0.1, 0.15) is 22.5 Å². The molecule has 0 spiro atoms. The number of benzene rings is 1. The highest BCUT2D eigenvalue weighted by Crippen LogP contribution is 2.25. The number of nitrogens with zero attached hydrogens (tertiary/aromatic N) is 3. The fourth-order valence-electron chi connectivity index (χ4n) is 2.24. The number of aromatic nitrogens is 3. The first kappa shape index (κ1) is 16.6. The van der Waals surface area contributed by atoms with Crippen LogP contribution in [0.2, 0.25) is 0 Å². The van der Waals surface area contributed by atoms with Gasteiger partial charge >= 0.3 is 0 Å². The molecule has 0 fully saturated rings. The Morgan fingerprint density at radius 1 is 1.16 bits per heavy atom. The number of hydrogen-bond acceptors (Lipinski definition) is 6. The van der Waals surface area contributed by atoms with Gasteiger partial charge in [0.15, 0.2) is 0 Å². The molecule has 0 atom stereocenters. The second-order valence-electron chi connectivity index (χ2n) is 5.59. The molecule has 0 aliphatic heterocycles. The molecule has 3 aromatic rings. The predicted octanol–water partition coefficient (Wildman–Crippen LogP) is 2.73. The van der Waals surface area contributed by atoms with Gasteiger partial charge in [0.2, 0.25) is 11.8 Å². The van der Waals surface area contributed by atoms with Gasteiger partial charge in [0, 0.05) is 18.3 Å². The molecule has 1 amide bonds. The van der Waals surface area contributed by atoms with Crippen LogP contribution >= 0.6 is 0 Å². The molecular formula is C18H18N4O3. The molecule has 0 aliphatic rings. The van der Waals surface area contributed by atoms with E-state index in [4.69, 9.17) is 4.74 Å². The Kier molecular flexibility index (Phi) is 5.03. The number of hydrogen-bond donors (Lipinski definition) is 1. The Balaban J connectivity index is 1.66. The number of para-hydroxylation sites is 1. The third-order valence-corrected chi connectivity index (χ3v) is 3.70. The van der Waals surface area contributed by atoms with Crippen LogP contribution in [0.4, 0.5) is 0 Å². The van der Waals surface area contributed by atoms with Crippen molar-refractivity contribution in [2.75, 3.05) is 0 Å². The lowest BCUT2D eigenvalue weighted by Gasteiger charge is -2.12. The standard InChI is InChI=1S/C18H18N4O3/c1-12-6-3-4-8-16(12)24-18-14(7-5-9-19-18)11-20-17(23)10-15-13(2)21-25-22-15/h3-9H,10-11H2,1-2H3,(H,20,23). The van der Waals surface area contributed by atoms with Crippen LogP contribution in [0.25, 0.3) is 0 Å². The van der Waals surface area contributed by atoms with Crippen molar-refractivity contribution in [1.29, 1.82) is 0 Å². The van der Waals surface area contributed by atoms with Crippen molar-refractivity contribution in [3.05, 3.63) is 65.1 Å². The SMILES string of the molecule is Cc1ccccc1Oc1ncccc1CNC(=O)Cc1nonc1C. The van der Waals surface area contributed by atoms with E-state index in [0.717, 1.165) is 16.9 Å². The predicted molar refractivity (Wildman–Crippen MR) is 90.1 cm³/mol. The Morgan fingerprint density at radius 3 is 2.76 bits per heavy atom. The molecule has 1 N–H and O–H groups in total. The number of nitrogens with one attached hydrogen (secondary N) is 1. The number of amides is 1. The smallest absolute Gasteiger partial charge is 0.226 e. The van der Waals surface area contributed by atoms with Gasteiger partial charge in [0.05, 0.1) is 6.42 Å². The maximum Gasteiger partial charge on any atom is 0.226 e. The third kappa shape index (κ3) is 4.20. The van der Waals surface area contributed by atoms with E-state index in [1.807, 2.05) is 37.3 Å². The van der Waals surface area contributed by atoms with Crippen molar-refractivity contribution in [2.45, 2.75) is 26.8 Å². The quantitative estimate of drug-likeness (QED) is 0.743. The van der Waals surface area contributed by atoms with Crippen LogP contribution in [0.3, 0.4) is 0 Å². The molecule has 128 valence electrons. The molecule has 0 aliphatic carbocycles. The normalized spacial score (nSPS) is 10.5. The monoisotopic (exact) mass is 338 g/mol. The van der Waals surface area contributed by atoms with Crippen molar-refractivity contribution < 1.29 is 14.2 Å². The molecule has 7 nitrogen and oxygen atoms in total. The molecule has 2 aromatic heterocycles. The zero-order chi connectivity index (χ0) is 17.6. The summed E-state index contributed by atoms with van der Waals surface area (Å²) >= 11 is 0. The van der Waals surface area contributed by atoms with E-state index in [2.05, 4.69) is 25.2 Å². The Hall–Kier alpha value is -3.22. The highest BCUT2D eigenvalue weighted by atomic mass is 16.6. The van der Waals surface area contributed by atoms with Gasteiger partial charge in [-0.2, -0.15) is 0 Å². The Morgan fingerprint density at radius 2 is 2.00 bits per heavy atom. The van der Waals surface area contributed by atoms with Gasteiger partial charge in [-0.25, -0.2) is 9.61 Å². The summed E-state index contributed by atoms with van der Waals surface area (Å²) in [6.07, 6.45) is 1.77. The molecule has 2 heterocycles. The average Bonchev–Trinajstić information content (AvgIpc) is 3.01. The van der Waals surface area contributed by atoms with Crippen LogP contribution in [-0.4, -0.2) is 21.2 Å². The summed E-state index contributed by atoms with van der Waals surface area (Å²) in [5, 5.41) is 10.2. The highest BCUT2D eigenvalue weighted by Gasteiger charge is 2.13. The van der Waals surface area contributed by atoms with Gasteiger partial charge in [0.25, 0.3) is 0 Å². The first-order valence-corrected chi connectivity index (χ1v) is 7.85. The zero-order valence-electron chi connectivity index (χ0n) is 14.0. The molecule has 25 heavy (non-hydrogen) atoms. The molecule has 0 saturated carbocycles. The summed E-state index contributed by atoms with van der Waals surface area (Å²) in [6, 6.07) is 11.4. The summed E-state index contributed by atoms with van der Waals surface area (Å²) < 4.78 is 10.5. The summed E-state index contributed by atoms with van der Waals surface area (Å²) in [5.74, 6) is 1.03. The first-order chi connectivity index (χ1) is 12.1. The summed E-state index contributed by atoms with van der Waals surface area (Å²) in [4.78, 5) is 16.3. The van der Waals surface area contributed by atoms with E-state index in [1.54, 1.807) is 19.2 Å². The lowest BCUT2D eigenvalue weighted by atomic mass is 10.2. The highest BCUT2D eigenvalue weighted by molar-refractivity contribution is 5.78. The van der Waals surface area contributed by atoms with Crippen molar-refractivity contribution in [3.63, 3.8) is 0 Å². The van der Waals surface area contributed by atoms with E-state index in [0.29, 0.717) is 23.8 Å². The maximum absolute atomic E-state index is 12.1. The maximum atomic E-state index is 12.1. The molecule has 0 bridgehead atoms. The number of rotatable bonds is 6. The van der Waals surface area contributed by atoms with Crippen LogP contribution in [0, 0.1) is 13.8 Å². The van der Waals surface area contributed by atoms with Gasteiger partial charge < -0.3 is 10.1 Å².